The minimum atomic E-state index is 0.0238. The Kier molecular flexibility index (Phi) is 6.71. The molecule has 154 valence electrons. The normalized spacial score (nSPS) is 19.0. The van der Waals surface area contributed by atoms with Crippen LogP contribution in [0.1, 0.15) is 12.8 Å². The van der Waals surface area contributed by atoms with Crippen LogP contribution < -0.4 is 10.1 Å². The number of piperidine rings is 1. The maximum Gasteiger partial charge on any atom is 0.238 e. The quantitative estimate of drug-likeness (QED) is 0.810. The number of carbonyl (C=O) groups excluding carboxylic acids is 1. The lowest BCUT2D eigenvalue weighted by molar-refractivity contribution is -0.117. The van der Waals surface area contributed by atoms with Crippen molar-refractivity contribution in [3.63, 3.8) is 0 Å². The van der Waals surface area contributed by atoms with Crippen molar-refractivity contribution in [1.82, 2.24) is 14.8 Å². The highest BCUT2D eigenvalue weighted by Gasteiger charge is 2.26. The average Bonchev–Trinajstić information content (AvgIpc) is 2.77. The molecule has 1 aromatic heterocycles. The lowest BCUT2D eigenvalue weighted by atomic mass is 10.0. The third-order valence-corrected chi connectivity index (χ3v) is 5.49. The van der Waals surface area contributed by atoms with Gasteiger partial charge in [0, 0.05) is 44.1 Å². The van der Waals surface area contributed by atoms with E-state index in [0.29, 0.717) is 24.1 Å². The number of ether oxygens (including phenoxy) is 2. The number of nitrogens with one attached hydrogen (secondary N) is 1. The van der Waals surface area contributed by atoms with Crippen LogP contribution in [0.3, 0.4) is 0 Å². The molecule has 0 spiro atoms. The summed E-state index contributed by atoms with van der Waals surface area (Å²) in [5.41, 5.74) is 0.775. The van der Waals surface area contributed by atoms with E-state index in [1.165, 1.54) is 0 Å². The van der Waals surface area contributed by atoms with E-state index in [-0.39, 0.29) is 5.91 Å². The summed E-state index contributed by atoms with van der Waals surface area (Å²) in [6, 6.07) is 11.7. The van der Waals surface area contributed by atoms with Crippen molar-refractivity contribution in [3.8, 4) is 11.5 Å². The van der Waals surface area contributed by atoms with Crippen molar-refractivity contribution in [2.75, 3.05) is 51.3 Å². The number of carbonyl (C=O) groups is 1. The molecule has 3 heterocycles. The molecule has 2 aliphatic heterocycles. The van der Waals surface area contributed by atoms with E-state index in [4.69, 9.17) is 9.47 Å². The molecule has 1 amide bonds. The van der Waals surface area contributed by atoms with Crippen molar-refractivity contribution in [2.45, 2.75) is 18.9 Å². The molecule has 2 aromatic rings. The fourth-order valence-electron chi connectivity index (χ4n) is 3.94. The number of morpholine rings is 1. The molecule has 2 saturated heterocycles. The van der Waals surface area contributed by atoms with Gasteiger partial charge in [0.25, 0.3) is 0 Å². The van der Waals surface area contributed by atoms with Gasteiger partial charge >= 0.3 is 0 Å². The number of pyridine rings is 1. The monoisotopic (exact) mass is 396 g/mol. The summed E-state index contributed by atoms with van der Waals surface area (Å²) >= 11 is 0. The Morgan fingerprint density at radius 3 is 2.52 bits per heavy atom. The summed E-state index contributed by atoms with van der Waals surface area (Å²) in [6.07, 6.45) is 5.61. The van der Waals surface area contributed by atoms with Crippen LogP contribution in [-0.4, -0.2) is 72.7 Å². The number of rotatable bonds is 6. The molecule has 4 rings (SSSR count). The molecule has 7 heteroatoms. The maximum atomic E-state index is 12.4. The third-order valence-electron chi connectivity index (χ3n) is 5.49. The van der Waals surface area contributed by atoms with Gasteiger partial charge in [0.15, 0.2) is 0 Å². The van der Waals surface area contributed by atoms with Gasteiger partial charge in [-0.05, 0) is 49.2 Å². The predicted octanol–water partition coefficient (Wildman–Crippen LogP) is 2.61. The Balaban J connectivity index is 1.21. The van der Waals surface area contributed by atoms with E-state index >= 15 is 0 Å². The van der Waals surface area contributed by atoms with Gasteiger partial charge in [-0.1, -0.05) is 0 Å². The van der Waals surface area contributed by atoms with E-state index in [9.17, 15) is 4.79 Å². The van der Waals surface area contributed by atoms with Gasteiger partial charge in [-0.15, -0.1) is 0 Å². The second-order valence-electron chi connectivity index (χ2n) is 7.52. The first kappa shape index (κ1) is 19.8. The molecule has 0 unspecified atom stereocenters. The van der Waals surface area contributed by atoms with Crippen LogP contribution in [0, 0.1) is 0 Å². The van der Waals surface area contributed by atoms with E-state index < -0.39 is 0 Å². The molecule has 1 N–H and O–H groups in total. The number of hydrogen-bond acceptors (Lipinski definition) is 6. The summed E-state index contributed by atoms with van der Waals surface area (Å²) in [5.74, 6) is 1.42. The van der Waals surface area contributed by atoms with Crippen LogP contribution in [0.5, 0.6) is 11.5 Å². The van der Waals surface area contributed by atoms with Crippen LogP contribution in [0.25, 0.3) is 0 Å². The number of amides is 1. The topological polar surface area (TPSA) is 66.9 Å². The molecule has 0 radical (unpaired) electrons. The molecule has 0 bridgehead atoms. The SMILES string of the molecule is O=C(CN1CCC(N2CCOCC2)CC1)Nc1ccc(Oc2cccnc2)cc1. The van der Waals surface area contributed by atoms with Crippen molar-refractivity contribution in [3.05, 3.63) is 48.8 Å². The average molecular weight is 396 g/mol. The van der Waals surface area contributed by atoms with Gasteiger partial charge in [-0.2, -0.15) is 0 Å². The Bertz CT molecular complexity index is 770. The van der Waals surface area contributed by atoms with Gasteiger partial charge < -0.3 is 14.8 Å². The highest BCUT2D eigenvalue weighted by atomic mass is 16.5. The summed E-state index contributed by atoms with van der Waals surface area (Å²) in [4.78, 5) is 21.2. The fraction of sp³-hybridized carbons (Fsp3) is 0.455. The molecule has 2 aliphatic rings. The predicted molar refractivity (Wildman–Crippen MR) is 111 cm³/mol. The van der Waals surface area contributed by atoms with Gasteiger partial charge in [0.1, 0.15) is 11.5 Å². The fourth-order valence-corrected chi connectivity index (χ4v) is 3.94. The Labute approximate surface area is 171 Å². The number of nitrogens with zero attached hydrogens (tertiary/aromatic N) is 3. The van der Waals surface area contributed by atoms with Gasteiger partial charge in [-0.3, -0.25) is 19.6 Å². The smallest absolute Gasteiger partial charge is 0.238 e. The molecule has 29 heavy (non-hydrogen) atoms. The number of hydrogen-bond donors (Lipinski definition) is 1. The Morgan fingerprint density at radius 1 is 1.07 bits per heavy atom. The van der Waals surface area contributed by atoms with Crippen molar-refractivity contribution in [2.24, 2.45) is 0 Å². The molecular weight excluding hydrogens is 368 g/mol. The molecule has 2 fully saturated rings. The Morgan fingerprint density at radius 2 is 1.83 bits per heavy atom. The van der Waals surface area contributed by atoms with Crippen LogP contribution >= 0.6 is 0 Å². The molecule has 1 aromatic carbocycles. The number of aromatic nitrogens is 1. The molecule has 0 atom stereocenters. The van der Waals surface area contributed by atoms with E-state index in [1.54, 1.807) is 12.4 Å². The van der Waals surface area contributed by atoms with Crippen LogP contribution in [0.2, 0.25) is 0 Å². The standard InChI is InChI=1S/C22H28N4O3/c27-22(17-25-10-7-19(8-11-25)26-12-14-28-15-13-26)24-18-3-5-20(6-4-18)29-21-2-1-9-23-16-21/h1-6,9,16,19H,7-8,10-15,17H2,(H,24,27). The zero-order valence-electron chi connectivity index (χ0n) is 16.6. The van der Waals surface area contributed by atoms with Crippen molar-refractivity contribution >= 4 is 11.6 Å². The summed E-state index contributed by atoms with van der Waals surface area (Å²) in [5, 5.41) is 2.98. The first-order valence-corrected chi connectivity index (χ1v) is 10.3. The van der Waals surface area contributed by atoms with Crippen LogP contribution in [-0.2, 0) is 9.53 Å². The van der Waals surface area contributed by atoms with Gasteiger partial charge in [-0.25, -0.2) is 0 Å². The van der Waals surface area contributed by atoms with Crippen LogP contribution in [0.15, 0.2) is 48.8 Å². The zero-order chi connectivity index (χ0) is 19.9. The van der Waals surface area contributed by atoms with E-state index in [2.05, 4.69) is 20.1 Å². The highest BCUT2D eigenvalue weighted by molar-refractivity contribution is 5.92. The lowest BCUT2D eigenvalue weighted by Gasteiger charge is -2.39. The largest absolute Gasteiger partial charge is 0.456 e. The second-order valence-corrected chi connectivity index (χ2v) is 7.52. The van der Waals surface area contributed by atoms with Crippen LogP contribution in [0.4, 0.5) is 5.69 Å². The molecule has 0 saturated carbocycles. The van der Waals surface area contributed by atoms with Gasteiger partial charge in [0.2, 0.25) is 5.91 Å². The van der Waals surface area contributed by atoms with Crippen molar-refractivity contribution in [1.29, 1.82) is 0 Å². The third kappa shape index (κ3) is 5.76. The second kappa shape index (κ2) is 9.82. The van der Waals surface area contributed by atoms with Crippen molar-refractivity contribution < 1.29 is 14.3 Å². The van der Waals surface area contributed by atoms with E-state index in [1.807, 2.05) is 36.4 Å². The van der Waals surface area contributed by atoms with E-state index in [0.717, 1.165) is 57.9 Å². The maximum absolute atomic E-state index is 12.4. The summed E-state index contributed by atoms with van der Waals surface area (Å²) in [7, 11) is 0. The number of anilines is 1. The zero-order valence-corrected chi connectivity index (χ0v) is 16.6. The number of benzene rings is 1. The minimum Gasteiger partial charge on any atom is -0.456 e. The molecule has 7 nitrogen and oxygen atoms in total. The summed E-state index contributed by atoms with van der Waals surface area (Å²) in [6.45, 7) is 6.12. The highest BCUT2D eigenvalue weighted by Crippen LogP contribution is 2.22. The number of likely N-dealkylation sites (tertiary alicyclic amines) is 1. The lowest BCUT2D eigenvalue weighted by Crippen LogP contribution is -2.50. The van der Waals surface area contributed by atoms with Gasteiger partial charge in [0.05, 0.1) is 26.0 Å². The first-order valence-electron chi connectivity index (χ1n) is 10.3. The molecule has 0 aliphatic carbocycles. The minimum absolute atomic E-state index is 0.0238. The molecular formula is C22H28N4O3. The Hall–Kier alpha value is -2.48. The first-order chi connectivity index (χ1) is 14.3. The summed E-state index contributed by atoms with van der Waals surface area (Å²) < 4.78 is 11.2.